The minimum absolute atomic E-state index is 0.159. The lowest BCUT2D eigenvalue weighted by Crippen LogP contribution is -2.32. The van der Waals surface area contributed by atoms with Gasteiger partial charge in [0.1, 0.15) is 6.10 Å². The van der Waals surface area contributed by atoms with Crippen LogP contribution in [0.15, 0.2) is 36.9 Å². The average Bonchev–Trinajstić information content (AvgIpc) is 2.36. The Bertz CT molecular complexity index is 457. The van der Waals surface area contributed by atoms with Crippen molar-refractivity contribution >= 4 is 17.5 Å². The van der Waals surface area contributed by atoms with Crippen LogP contribution >= 0.6 is 11.6 Å². The number of carbonyl (C=O) groups is 1. The predicted molar refractivity (Wildman–Crippen MR) is 76.1 cm³/mol. The van der Waals surface area contributed by atoms with E-state index in [9.17, 15) is 4.79 Å². The third-order valence-electron chi connectivity index (χ3n) is 3.28. The molecule has 0 radical (unpaired) electrons. The molecule has 1 aliphatic rings. The van der Waals surface area contributed by atoms with E-state index in [-0.39, 0.29) is 12.0 Å². The van der Waals surface area contributed by atoms with Gasteiger partial charge in [-0.3, -0.25) is 4.79 Å². The van der Waals surface area contributed by atoms with Gasteiger partial charge in [-0.1, -0.05) is 30.3 Å². The maximum absolute atomic E-state index is 11.3. The van der Waals surface area contributed by atoms with Crippen molar-refractivity contribution in [1.29, 1.82) is 0 Å². The van der Waals surface area contributed by atoms with Crippen molar-refractivity contribution in [1.82, 2.24) is 5.32 Å². The van der Waals surface area contributed by atoms with Crippen LogP contribution in [0.2, 0.25) is 5.02 Å². The van der Waals surface area contributed by atoms with Crippen molar-refractivity contribution in [3.05, 3.63) is 47.5 Å². The zero-order valence-electron chi connectivity index (χ0n) is 10.8. The lowest BCUT2D eigenvalue weighted by molar-refractivity contribution is -0.118. The van der Waals surface area contributed by atoms with Crippen molar-refractivity contribution in [3.8, 4) is 0 Å². The molecule has 19 heavy (non-hydrogen) atoms. The Labute approximate surface area is 118 Å². The van der Waals surface area contributed by atoms with E-state index in [1.165, 1.54) is 12.5 Å². The summed E-state index contributed by atoms with van der Waals surface area (Å²) in [5.74, 6) is -0.191. The second kappa shape index (κ2) is 6.73. The molecule has 2 rings (SSSR count). The van der Waals surface area contributed by atoms with Crippen LogP contribution in [-0.2, 0) is 9.53 Å². The van der Waals surface area contributed by atoms with Crippen LogP contribution in [0.4, 0.5) is 0 Å². The molecule has 0 saturated heterocycles. The van der Waals surface area contributed by atoms with Crippen molar-refractivity contribution in [2.75, 3.05) is 6.54 Å². The zero-order chi connectivity index (χ0) is 13.7. The molecule has 0 aliphatic heterocycles. The van der Waals surface area contributed by atoms with Gasteiger partial charge in [0.15, 0.2) is 0 Å². The molecule has 4 heteroatoms. The summed E-state index contributed by atoms with van der Waals surface area (Å²) in [4.78, 5) is 11.3. The minimum Gasteiger partial charge on any atom is -0.368 e. The largest absolute Gasteiger partial charge is 0.368 e. The Kier molecular flexibility index (Phi) is 5.00. The first-order valence-corrected chi connectivity index (χ1v) is 6.88. The summed E-state index contributed by atoms with van der Waals surface area (Å²) in [6, 6.07) is 7.57. The van der Waals surface area contributed by atoms with Gasteiger partial charge >= 0.3 is 0 Å². The number of amides is 1. The second-order valence-electron chi connectivity index (χ2n) is 4.68. The molecule has 1 amide bonds. The van der Waals surface area contributed by atoms with Gasteiger partial charge < -0.3 is 10.1 Å². The number of hydrogen-bond acceptors (Lipinski definition) is 2. The van der Waals surface area contributed by atoms with E-state index in [1.807, 2.05) is 24.3 Å². The van der Waals surface area contributed by atoms with E-state index in [4.69, 9.17) is 16.3 Å². The van der Waals surface area contributed by atoms with Gasteiger partial charge in [-0.05, 0) is 43.0 Å². The second-order valence-corrected chi connectivity index (χ2v) is 5.12. The third kappa shape index (κ3) is 4.08. The van der Waals surface area contributed by atoms with Crippen LogP contribution in [0.1, 0.15) is 30.9 Å². The number of ether oxygens (including phenoxy) is 1. The van der Waals surface area contributed by atoms with E-state index < -0.39 is 0 Å². The van der Waals surface area contributed by atoms with Crippen molar-refractivity contribution in [2.24, 2.45) is 0 Å². The molecule has 3 nitrogen and oxygen atoms in total. The summed E-state index contributed by atoms with van der Waals surface area (Å²) < 4.78 is 6.01. The average molecular weight is 280 g/mol. The Morgan fingerprint density at radius 1 is 1.58 bits per heavy atom. The van der Waals surface area contributed by atoms with E-state index in [1.54, 1.807) is 0 Å². The first-order chi connectivity index (χ1) is 9.19. The van der Waals surface area contributed by atoms with Gasteiger partial charge in [0.2, 0.25) is 5.91 Å². The van der Waals surface area contributed by atoms with Crippen LogP contribution in [-0.4, -0.2) is 18.6 Å². The molecule has 0 heterocycles. The smallest absolute Gasteiger partial charge is 0.243 e. The fraction of sp³-hybridized carbons (Fsp3) is 0.400. The topological polar surface area (TPSA) is 38.3 Å². The molecule has 1 aliphatic carbocycles. The van der Waals surface area contributed by atoms with E-state index >= 15 is 0 Å². The fourth-order valence-electron chi connectivity index (χ4n) is 1.96. The van der Waals surface area contributed by atoms with Crippen molar-refractivity contribution in [3.63, 3.8) is 0 Å². The molecule has 0 aromatic heterocycles. The summed E-state index contributed by atoms with van der Waals surface area (Å²) in [6.45, 7) is 3.87. The highest BCUT2D eigenvalue weighted by Gasteiger charge is 2.23. The molecule has 1 atom stereocenters. The van der Waals surface area contributed by atoms with Crippen LogP contribution in [0.5, 0.6) is 0 Å². The molecular weight excluding hydrogens is 262 g/mol. The quantitative estimate of drug-likeness (QED) is 0.812. The molecule has 1 N–H and O–H groups in total. The van der Waals surface area contributed by atoms with E-state index in [0.717, 1.165) is 18.4 Å². The van der Waals surface area contributed by atoms with Crippen LogP contribution in [0, 0.1) is 0 Å². The van der Waals surface area contributed by atoms with Crippen LogP contribution < -0.4 is 5.32 Å². The number of carbonyl (C=O) groups excluding carboxylic acids is 1. The summed E-state index contributed by atoms with van der Waals surface area (Å²) >= 11 is 6.00. The number of hydrogen-bond donors (Lipinski definition) is 1. The molecule has 0 bridgehead atoms. The maximum Gasteiger partial charge on any atom is 0.243 e. The van der Waals surface area contributed by atoms with Crippen molar-refractivity contribution in [2.45, 2.75) is 31.5 Å². The van der Waals surface area contributed by atoms with Crippen molar-refractivity contribution < 1.29 is 9.53 Å². The standard InChI is InChI=1S/C15H18ClNO2/c1-2-15(18)17-10-14(19-13-7-4-8-13)11-5-3-6-12(16)9-11/h2-3,5-6,9,13-14H,1,4,7-8,10H2,(H,17,18). The zero-order valence-corrected chi connectivity index (χ0v) is 11.5. The van der Waals surface area contributed by atoms with E-state index in [0.29, 0.717) is 17.7 Å². The lowest BCUT2D eigenvalue weighted by Gasteiger charge is -2.31. The van der Waals surface area contributed by atoms with E-state index in [2.05, 4.69) is 11.9 Å². The molecule has 1 aromatic carbocycles. The van der Waals surface area contributed by atoms with Crippen LogP contribution in [0.25, 0.3) is 0 Å². The summed E-state index contributed by atoms with van der Waals surface area (Å²) in [6.07, 6.45) is 4.79. The Hall–Kier alpha value is -1.32. The third-order valence-corrected chi connectivity index (χ3v) is 3.51. The predicted octanol–water partition coefficient (Wildman–Crippen LogP) is 3.25. The highest BCUT2D eigenvalue weighted by Crippen LogP contribution is 2.29. The highest BCUT2D eigenvalue weighted by atomic mass is 35.5. The van der Waals surface area contributed by atoms with Gasteiger partial charge in [-0.15, -0.1) is 0 Å². The van der Waals surface area contributed by atoms with Gasteiger partial charge in [0.25, 0.3) is 0 Å². The summed E-state index contributed by atoms with van der Waals surface area (Å²) in [5, 5.41) is 3.45. The Morgan fingerprint density at radius 2 is 2.37 bits per heavy atom. The highest BCUT2D eigenvalue weighted by molar-refractivity contribution is 6.30. The Balaban J connectivity index is 2.03. The molecule has 1 unspecified atom stereocenters. The van der Waals surface area contributed by atoms with Crippen LogP contribution in [0.3, 0.4) is 0 Å². The summed E-state index contributed by atoms with van der Waals surface area (Å²) in [5.41, 5.74) is 0.990. The fourth-order valence-corrected chi connectivity index (χ4v) is 2.15. The molecule has 0 spiro atoms. The molecule has 1 aromatic rings. The molecule has 102 valence electrons. The number of rotatable bonds is 6. The first kappa shape index (κ1) is 14.1. The van der Waals surface area contributed by atoms with Gasteiger partial charge in [0.05, 0.1) is 6.10 Å². The van der Waals surface area contributed by atoms with Gasteiger partial charge in [0, 0.05) is 11.6 Å². The summed E-state index contributed by atoms with van der Waals surface area (Å²) in [7, 11) is 0. The number of halogens is 1. The first-order valence-electron chi connectivity index (χ1n) is 6.50. The van der Waals surface area contributed by atoms with Gasteiger partial charge in [-0.2, -0.15) is 0 Å². The van der Waals surface area contributed by atoms with Gasteiger partial charge in [-0.25, -0.2) is 0 Å². The molecule has 1 saturated carbocycles. The number of nitrogens with one attached hydrogen (secondary N) is 1. The molecular formula is C15H18ClNO2. The number of benzene rings is 1. The SMILES string of the molecule is C=CC(=O)NCC(OC1CCC1)c1cccc(Cl)c1. The Morgan fingerprint density at radius 3 is 2.95 bits per heavy atom. The lowest BCUT2D eigenvalue weighted by atomic mass is 9.95. The monoisotopic (exact) mass is 279 g/mol. The molecule has 1 fully saturated rings. The minimum atomic E-state index is -0.191. The normalized spacial score (nSPS) is 16.5. The maximum atomic E-state index is 11.3.